The highest BCUT2D eigenvalue weighted by Crippen LogP contribution is 2.14. The Morgan fingerprint density at radius 2 is 0.591 bits per heavy atom. The van der Waals surface area contributed by atoms with Gasteiger partial charge in [0.15, 0.2) is 6.10 Å². The van der Waals surface area contributed by atoms with E-state index >= 15 is 0 Å². The monoisotopic (exact) mass is 915 g/mol. The molecule has 6 heteroatoms. The van der Waals surface area contributed by atoms with Crippen molar-refractivity contribution in [2.45, 2.75) is 239 Å². The maximum atomic E-state index is 12.7. The third-order valence-corrected chi connectivity index (χ3v) is 11.0. The zero-order valence-corrected chi connectivity index (χ0v) is 42.7. The number of ether oxygens (including phenoxy) is 3. The second kappa shape index (κ2) is 53.7. The molecular formula is C60H98O6. The Bertz CT molecular complexity index is 1370. The number of allylic oxidation sites excluding steroid dienone is 18. The molecule has 0 aliphatic rings. The van der Waals surface area contributed by atoms with Crippen molar-refractivity contribution in [3.63, 3.8) is 0 Å². The predicted octanol–water partition coefficient (Wildman–Crippen LogP) is 17.9. The number of rotatable bonds is 47. The number of unbranched alkanes of at least 4 members (excludes halogenated alkanes) is 18. The lowest BCUT2D eigenvalue weighted by atomic mass is 10.1. The third-order valence-electron chi connectivity index (χ3n) is 11.0. The lowest BCUT2D eigenvalue weighted by Crippen LogP contribution is -2.30. The minimum atomic E-state index is -0.786. The van der Waals surface area contributed by atoms with Crippen molar-refractivity contribution < 1.29 is 28.6 Å². The molecule has 6 nitrogen and oxygen atoms in total. The van der Waals surface area contributed by atoms with Crippen molar-refractivity contribution in [2.75, 3.05) is 13.2 Å². The molecule has 0 N–H and O–H groups in total. The van der Waals surface area contributed by atoms with Gasteiger partial charge in [-0.1, -0.05) is 233 Å². The van der Waals surface area contributed by atoms with E-state index in [0.717, 1.165) is 122 Å². The molecule has 0 amide bonds. The van der Waals surface area contributed by atoms with Gasteiger partial charge < -0.3 is 14.2 Å². The van der Waals surface area contributed by atoms with Crippen molar-refractivity contribution in [3.05, 3.63) is 109 Å². The molecule has 0 aliphatic carbocycles. The van der Waals surface area contributed by atoms with Gasteiger partial charge in [-0.15, -0.1) is 0 Å². The summed E-state index contributed by atoms with van der Waals surface area (Å²) in [7, 11) is 0. The van der Waals surface area contributed by atoms with E-state index in [1.165, 1.54) is 70.6 Å². The molecule has 0 aliphatic heterocycles. The topological polar surface area (TPSA) is 78.9 Å². The van der Waals surface area contributed by atoms with Crippen LogP contribution in [0.1, 0.15) is 233 Å². The molecule has 1 unspecified atom stereocenters. The highest BCUT2D eigenvalue weighted by atomic mass is 16.6. The van der Waals surface area contributed by atoms with Crippen molar-refractivity contribution in [1.82, 2.24) is 0 Å². The number of hydrogen-bond acceptors (Lipinski definition) is 6. The van der Waals surface area contributed by atoms with Crippen LogP contribution in [0.4, 0.5) is 0 Å². The van der Waals surface area contributed by atoms with Crippen molar-refractivity contribution in [2.24, 2.45) is 0 Å². The second-order valence-electron chi connectivity index (χ2n) is 17.4. The van der Waals surface area contributed by atoms with Crippen LogP contribution in [-0.2, 0) is 28.6 Å². The molecule has 0 spiro atoms. The Labute approximate surface area is 406 Å². The average Bonchev–Trinajstić information content (AvgIpc) is 3.31. The Balaban J connectivity index is 4.20. The summed E-state index contributed by atoms with van der Waals surface area (Å²) in [4.78, 5) is 37.7. The largest absolute Gasteiger partial charge is 0.462 e. The summed E-state index contributed by atoms with van der Waals surface area (Å²) < 4.78 is 16.7. The summed E-state index contributed by atoms with van der Waals surface area (Å²) in [6.45, 7) is 6.43. The summed E-state index contributed by atoms with van der Waals surface area (Å²) in [6.07, 6.45) is 72.5. The standard InChI is InChI=1S/C60H98O6/c1-4-7-10-13-16-19-20-21-22-23-24-25-26-27-28-29-30-31-32-33-34-35-36-37-38-39-40-42-44-47-50-53-59(62)65-56-57(55-64-58(61)52-49-46-43-18-15-12-9-6-3)66-60(63)54-51-48-45-41-17-14-11-8-5-2/h7,10,16,19,21-22,24-25,27-28,30-31,33-34,36-37,39-40,57H,4-6,8-9,11-15,17-18,20,23,26,29,32,35,38,41-56H2,1-3H3/b10-7-,19-16-,22-21-,25-24-,28-27-,31-30-,34-33-,37-36-,40-39-. The van der Waals surface area contributed by atoms with Crippen LogP contribution in [0.2, 0.25) is 0 Å². The fourth-order valence-corrected chi connectivity index (χ4v) is 7.02. The summed E-state index contributed by atoms with van der Waals surface area (Å²) >= 11 is 0. The molecule has 66 heavy (non-hydrogen) atoms. The lowest BCUT2D eigenvalue weighted by molar-refractivity contribution is -0.167. The quantitative estimate of drug-likeness (QED) is 0.0262. The van der Waals surface area contributed by atoms with Gasteiger partial charge in [0, 0.05) is 19.3 Å². The van der Waals surface area contributed by atoms with Gasteiger partial charge in [-0.2, -0.15) is 0 Å². The van der Waals surface area contributed by atoms with Crippen molar-refractivity contribution in [3.8, 4) is 0 Å². The van der Waals surface area contributed by atoms with E-state index in [0.29, 0.717) is 19.3 Å². The first kappa shape index (κ1) is 62.1. The van der Waals surface area contributed by atoms with Crippen LogP contribution in [-0.4, -0.2) is 37.2 Å². The van der Waals surface area contributed by atoms with Gasteiger partial charge in [0.25, 0.3) is 0 Å². The van der Waals surface area contributed by atoms with E-state index < -0.39 is 6.10 Å². The smallest absolute Gasteiger partial charge is 0.306 e. The number of carbonyl (C=O) groups is 3. The molecule has 374 valence electrons. The molecule has 0 aromatic rings. The third kappa shape index (κ3) is 51.1. The molecule has 0 aromatic carbocycles. The van der Waals surface area contributed by atoms with Crippen LogP contribution >= 0.6 is 0 Å². The Morgan fingerprint density at radius 3 is 0.924 bits per heavy atom. The zero-order valence-electron chi connectivity index (χ0n) is 42.7. The van der Waals surface area contributed by atoms with Crippen LogP contribution < -0.4 is 0 Å². The maximum Gasteiger partial charge on any atom is 0.306 e. The zero-order chi connectivity index (χ0) is 47.9. The normalized spacial score (nSPS) is 13.0. The molecule has 0 radical (unpaired) electrons. The molecule has 0 rings (SSSR count). The van der Waals surface area contributed by atoms with Crippen molar-refractivity contribution in [1.29, 1.82) is 0 Å². The lowest BCUT2D eigenvalue weighted by Gasteiger charge is -2.18. The van der Waals surface area contributed by atoms with Crippen LogP contribution in [0, 0.1) is 0 Å². The fourth-order valence-electron chi connectivity index (χ4n) is 7.02. The minimum Gasteiger partial charge on any atom is -0.462 e. The predicted molar refractivity (Wildman–Crippen MR) is 283 cm³/mol. The minimum absolute atomic E-state index is 0.0874. The summed E-state index contributed by atoms with van der Waals surface area (Å²) in [6, 6.07) is 0. The second-order valence-corrected chi connectivity index (χ2v) is 17.4. The van der Waals surface area contributed by atoms with Gasteiger partial charge in [0.05, 0.1) is 0 Å². The molecule has 0 heterocycles. The van der Waals surface area contributed by atoms with E-state index in [2.05, 4.69) is 130 Å². The number of hydrogen-bond donors (Lipinski definition) is 0. The van der Waals surface area contributed by atoms with Gasteiger partial charge in [0.1, 0.15) is 13.2 Å². The first-order chi connectivity index (χ1) is 32.5. The van der Waals surface area contributed by atoms with Gasteiger partial charge >= 0.3 is 17.9 Å². The maximum absolute atomic E-state index is 12.7. The van der Waals surface area contributed by atoms with Gasteiger partial charge in [0.2, 0.25) is 0 Å². The van der Waals surface area contributed by atoms with Crippen LogP contribution in [0.3, 0.4) is 0 Å². The van der Waals surface area contributed by atoms with E-state index in [1.807, 2.05) is 0 Å². The Morgan fingerprint density at radius 1 is 0.318 bits per heavy atom. The van der Waals surface area contributed by atoms with E-state index in [4.69, 9.17) is 14.2 Å². The molecule has 1 atom stereocenters. The summed E-state index contributed by atoms with van der Waals surface area (Å²) in [5.74, 6) is -0.934. The summed E-state index contributed by atoms with van der Waals surface area (Å²) in [5.41, 5.74) is 0. The van der Waals surface area contributed by atoms with Gasteiger partial charge in [-0.25, -0.2) is 0 Å². The van der Waals surface area contributed by atoms with E-state index in [1.54, 1.807) is 0 Å². The van der Waals surface area contributed by atoms with Crippen LogP contribution in [0.5, 0.6) is 0 Å². The van der Waals surface area contributed by atoms with E-state index in [-0.39, 0.29) is 31.1 Å². The molecule has 0 aromatic heterocycles. The Hall–Kier alpha value is -3.93. The molecular weight excluding hydrogens is 817 g/mol. The average molecular weight is 915 g/mol. The highest BCUT2D eigenvalue weighted by molar-refractivity contribution is 5.71. The van der Waals surface area contributed by atoms with Crippen LogP contribution in [0.15, 0.2) is 109 Å². The summed E-state index contributed by atoms with van der Waals surface area (Å²) in [5, 5.41) is 0. The van der Waals surface area contributed by atoms with Crippen molar-refractivity contribution >= 4 is 17.9 Å². The number of carbonyl (C=O) groups excluding carboxylic acids is 3. The fraction of sp³-hybridized carbons (Fsp3) is 0.650. The van der Waals surface area contributed by atoms with Gasteiger partial charge in [-0.05, 0) is 89.9 Å². The molecule has 0 saturated heterocycles. The SMILES string of the molecule is CC/C=C\C/C=C\C/C=C\C/C=C\C/C=C\C/C=C\C/C=C\C/C=C\C/C=C\CCCCCC(=O)OCC(COC(=O)CCCCCCCCCC)OC(=O)CCCCCCCCCCC. The van der Waals surface area contributed by atoms with Crippen LogP contribution in [0.25, 0.3) is 0 Å². The molecule has 0 fully saturated rings. The number of esters is 3. The highest BCUT2D eigenvalue weighted by Gasteiger charge is 2.19. The first-order valence-corrected chi connectivity index (χ1v) is 26.9. The van der Waals surface area contributed by atoms with Gasteiger partial charge in [-0.3, -0.25) is 14.4 Å². The first-order valence-electron chi connectivity index (χ1n) is 26.9. The molecule has 0 bridgehead atoms. The van der Waals surface area contributed by atoms with E-state index in [9.17, 15) is 14.4 Å². The Kier molecular flexibility index (Phi) is 50.5. The molecule has 0 saturated carbocycles.